The maximum Gasteiger partial charge on any atom is 0.253 e. The van der Waals surface area contributed by atoms with Gasteiger partial charge in [0, 0.05) is 32.4 Å². The molecule has 3 rings (SSSR count). The Morgan fingerprint density at radius 3 is 2.33 bits per heavy atom. The van der Waals surface area contributed by atoms with Crippen LogP contribution >= 0.6 is 0 Å². The number of hydrogen-bond donors (Lipinski definition) is 1. The van der Waals surface area contributed by atoms with Gasteiger partial charge in [0.25, 0.3) is 5.91 Å². The molecule has 0 spiro atoms. The molecule has 1 aliphatic heterocycles. The number of amides is 1. The molecular formula is C20H25N3O3S. The molecule has 2 aromatic carbocycles. The molecule has 0 radical (unpaired) electrons. The summed E-state index contributed by atoms with van der Waals surface area (Å²) in [4.78, 5) is 15.0. The summed E-state index contributed by atoms with van der Waals surface area (Å²) in [6.07, 6.45) is 3.59. The minimum absolute atomic E-state index is 0.301. The first kappa shape index (κ1) is 19.2. The van der Waals surface area contributed by atoms with Gasteiger partial charge in [-0.15, -0.1) is 0 Å². The second-order valence-corrected chi connectivity index (χ2v) is 8.80. The number of nitrogens with zero attached hydrogens (tertiary/aromatic N) is 2. The monoisotopic (exact) mass is 387 g/mol. The smallest absolute Gasteiger partial charge is 0.253 e. The number of para-hydroxylation sites is 1. The Bertz CT molecular complexity index is 904. The number of carbonyl (C=O) groups excluding carboxylic acids is 1. The van der Waals surface area contributed by atoms with Gasteiger partial charge >= 0.3 is 0 Å². The predicted molar refractivity (Wildman–Crippen MR) is 109 cm³/mol. The maximum atomic E-state index is 12.6. The molecule has 0 aromatic heterocycles. The van der Waals surface area contributed by atoms with Gasteiger partial charge in [-0.05, 0) is 42.7 Å². The molecular weight excluding hydrogens is 362 g/mol. The molecule has 7 heteroatoms. The van der Waals surface area contributed by atoms with Gasteiger partial charge in [-0.1, -0.05) is 24.3 Å². The maximum absolute atomic E-state index is 12.6. The molecule has 2 aromatic rings. The summed E-state index contributed by atoms with van der Waals surface area (Å²) in [5, 5.41) is 2.88. The molecule has 1 amide bonds. The van der Waals surface area contributed by atoms with Crippen LogP contribution in [0.4, 0.5) is 11.4 Å². The van der Waals surface area contributed by atoms with E-state index < -0.39 is 10.0 Å². The summed E-state index contributed by atoms with van der Waals surface area (Å²) in [6, 6.07) is 14.9. The van der Waals surface area contributed by atoms with Crippen molar-refractivity contribution in [1.82, 2.24) is 5.32 Å². The Labute approximate surface area is 160 Å². The van der Waals surface area contributed by atoms with E-state index in [9.17, 15) is 13.2 Å². The summed E-state index contributed by atoms with van der Waals surface area (Å²) >= 11 is 0. The van der Waals surface area contributed by atoms with Gasteiger partial charge in [0.2, 0.25) is 10.0 Å². The summed E-state index contributed by atoms with van der Waals surface area (Å²) in [5.41, 5.74) is 2.91. The topological polar surface area (TPSA) is 69.7 Å². The van der Waals surface area contributed by atoms with Crippen LogP contribution in [-0.2, 0) is 16.6 Å². The van der Waals surface area contributed by atoms with Crippen LogP contribution in [0.25, 0.3) is 0 Å². The van der Waals surface area contributed by atoms with Crippen LogP contribution in [-0.4, -0.2) is 40.7 Å². The van der Waals surface area contributed by atoms with E-state index in [4.69, 9.17) is 0 Å². The Morgan fingerprint density at radius 2 is 1.70 bits per heavy atom. The van der Waals surface area contributed by atoms with Crippen molar-refractivity contribution in [2.45, 2.75) is 19.4 Å². The van der Waals surface area contributed by atoms with Gasteiger partial charge in [-0.25, -0.2) is 8.42 Å². The number of hydrogen-bond acceptors (Lipinski definition) is 4. The molecule has 1 saturated heterocycles. The van der Waals surface area contributed by atoms with Crippen LogP contribution in [0.5, 0.6) is 0 Å². The average molecular weight is 388 g/mol. The van der Waals surface area contributed by atoms with Gasteiger partial charge < -0.3 is 10.2 Å². The molecule has 144 valence electrons. The standard InChI is InChI=1S/C20H25N3O3S/c1-22(27(2,25)26)19-8-4-3-7-18(19)20(24)21-15-16-9-11-17(12-10-16)23-13-5-6-14-23/h3-4,7-12H,5-6,13-15H2,1-2H3,(H,21,24). The highest BCUT2D eigenvalue weighted by Gasteiger charge is 2.19. The van der Waals surface area contributed by atoms with E-state index in [2.05, 4.69) is 22.3 Å². The van der Waals surface area contributed by atoms with E-state index >= 15 is 0 Å². The number of benzene rings is 2. The minimum atomic E-state index is -3.44. The lowest BCUT2D eigenvalue weighted by Gasteiger charge is -2.20. The molecule has 1 aliphatic rings. The number of nitrogens with one attached hydrogen (secondary N) is 1. The lowest BCUT2D eigenvalue weighted by Crippen LogP contribution is -2.29. The molecule has 1 fully saturated rings. The van der Waals surface area contributed by atoms with Gasteiger partial charge in [-0.2, -0.15) is 0 Å². The summed E-state index contributed by atoms with van der Waals surface area (Å²) < 4.78 is 24.8. The molecule has 1 heterocycles. The van der Waals surface area contributed by atoms with Crippen LogP contribution in [0, 0.1) is 0 Å². The van der Waals surface area contributed by atoms with Crippen molar-refractivity contribution in [3.05, 3.63) is 59.7 Å². The van der Waals surface area contributed by atoms with Crippen LogP contribution in [0.1, 0.15) is 28.8 Å². The van der Waals surface area contributed by atoms with E-state index in [-0.39, 0.29) is 5.91 Å². The van der Waals surface area contributed by atoms with Crippen LogP contribution in [0.15, 0.2) is 48.5 Å². The third kappa shape index (κ3) is 4.60. The number of sulfonamides is 1. The van der Waals surface area contributed by atoms with Crippen LogP contribution in [0.2, 0.25) is 0 Å². The Balaban J connectivity index is 1.68. The zero-order valence-electron chi connectivity index (χ0n) is 15.7. The SMILES string of the molecule is CN(c1ccccc1C(=O)NCc1ccc(N2CCCC2)cc1)S(C)(=O)=O. The first-order chi connectivity index (χ1) is 12.9. The highest BCUT2D eigenvalue weighted by molar-refractivity contribution is 7.92. The predicted octanol–water partition coefficient (Wildman–Crippen LogP) is 2.61. The van der Waals surface area contributed by atoms with Crippen molar-refractivity contribution in [2.24, 2.45) is 0 Å². The quantitative estimate of drug-likeness (QED) is 0.827. The zero-order valence-corrected chi connectivity index (χ0v) is 16.5. The third-order valence-electron chi connectivity index (χ3n) is 4.85. The molecule has 0 bridgehead atoms. The lowest BCUT2D eigenvalue weighted by molar-refractivity contribution is 0.0951. The van der Waals surface area contributed by atoms with E-state index in [1.807, 2.05) is 12.1 Å². The van der Waals surface area contributed by atoms with E-state index in [1.54, 1.807) is 24.3 Å². The first-order valence-electron chi connectivity index (χ1n) is 9.01. The molecule has 1 N–H and O–H groups in total. The second-order valence-electron chi connectivity index (χ2n) is 6.79. The molecule has 0 unspecified atom stereocenters. The summed E-state index contributed by atoms with van der Waals surface area (Å²) in [6.45, 7) is 2.58. The third-order valence-corrected chi connectivity index (χ3v) is 6.04. The Morgan fingerprint density at radius 1 is 1.07 bits per heavy atom. The summed E-state index contributed by atoms with van der Waals surface area (Å²) in [5.74, 6) is -0.301. The first-order valence-corrected chi connectivity index (χ1v) is 10.9. The lowest BCUT2D eigenvalue weighted by atomic mass is 10.1. The molecule has 0 saturated carbocycles. The Hall–Kier alpha value is -2.54. The van der Waals surface area contributed by atoms with E-state index in [1.165, 1.54) is 25.6 Å². The van der Waals surface area contributed by atoms with Crippen molar-refractivity contribution < 1.29 is 13.2 Å². The number of rotatable bonds is 6. The number of carbonyl (C=O) groups is 1. The van der Waals surface area contributed by atoms with Crippen molar-refractivity contribution in [3.63, 3.8) is 0 Å². The molecule has 27 heavy (non-hydrogen) atoms. The Kier molecular flexibility index (Phi) is 5.70. The number of anilines is 2. The van der Waals surface area contributed by atoms with E-state index in [0.29, 0.717) is 17.8 Å². The van der Waals surface area contributed by atoms with E-state index in [0.717, 1.165) is 29.2 Å². The zero-order chi connectivity index (χ0) is 19.4. The van der Waals surface area contributed by atoms with Crippen molar-refractivity contribution in [1.29, 1.82) is 0 Å². The van der Waals surface area contributed by atoms with Crippen LogP contribution < -0.4 is 14.5 Å². The highest BCUT2D eigenvalue weighted by atomic mass is 32.2. The normalized spacial score (nSPS) is 14.2. The fourth-order valence-electron chi connectivity index (χ4n) is 3.20. The van der Waals surface area contributed by atoms with Gasteiger partial charge in [-0.3, -0.25) is 9.10 Å². The largest absolute Gasteiger partial charge is 0.372 e. The van der Waals surface area contributed by atoms with Crippen molar-refractivity contribution in [3.8, 4) is 0 Å². The fourth-order valence-corrected chi connectivity index (χ4v) is 3.71. The van der Waals surface area contributed by atoms with Crippen molar-refractivity contribution >= 4 is 27.3 Å². The highest BCUT2D eigenvalue weighted by Crippen LogP contribution is 2.22. The fraction of sp³-hybridized carbons (Fsp3) is 0.350. The van der Waals surface area contributed by atoms with Gasteiger partial charge in [0.1, 0.15) is 0 Å². The molecule has 0 aliphatic carbocycles. The van der Waals surface area contributed by atoms with Crippen LogP contribution in [0.3, 0.4) is 0 Å². The minimum Gasteiger partial charge on any atom is -0.372 e. The molecule has 6 nitrogen and oxygen atoms in total. The molecule has 0 atom stereocenters. The summed E-state index contributed by atoms with van der Waals surface area (Å²) in [7, 11) is -2.00. The van der Waals surface area contributed by atoms with Gasteiger partial charge in [0.05, 0.1) is 17.5 Å². The average Bonchev–Trinajstić information content (AvgIpc) is 3.20. The second kappa shape index (κ2) is 8.00. The van der Waals surface area contributed by atoms with Crippen molar-refractivity contribution in [2.75, 3.05) is 35.6 Å². The van der Waals surface area contributed by atoms with Gasteiger partial charge in [0.15, 0.2) is 0 Å².